The summed E-state index contributed by atoms with van der Waals surface area (Å²) in [5, 5.41) is 9.92. The van der Waals surface area contributed by atoms with Crippen LogP contribution in [0, 0.1) is 5.92 Å². The number of methoxy groups -OCH3 is 1. The van der Waals surface area contributed by atoms with Gasteiger partial charge in [-0.25, -0.2) is 0 Å². The van der Waals surface area contributed by atoms with Crippen molar-refractivity contribution in [3.8, 4) is 11.5 Å². The molecule has 0 saturated carbocycles. The molecule has 0 bridgehead atoms. The quantitative estimate of drug-likeness (QED) is 0.509. The van der Waals surface area contributed by atoms with Crippen LogP contribution in [0.1, 0.15) is 24.2 Å². The van der Waals surface area contributed by atoms with Gasteiger partial charge in [-0.1, -0.05) is 29.8 Å². The maximum absolute atomic E-state index is 12.2. The molecule has 0 aliphatic carbocycles. The zero-order chi connectivity index (χ0) is 13.2. The van der Waals surface area contributed by atoms with Crippen molar-refractivity contribution < 1.29 is 14.6 Å². The van der Waals surface area contributed by atoms with Gasteiger partial charge in [0.05, 0.1) is 17.5 Å². The van der Waals surface area contributed by atoms with Gasteiger partial charge in [0.25, 0.3) is 0 Å². The lowest BCUT2D eigenvalue weighted by Gasteiger charge is -2.16. The van der Waals surface area contributed by atoms with E-state index in [1.54, 1.807) is 6.07 Å². The molecule has 1 aromatic carbocycles. The van der Waals surface area contributed by atoms with Crippen molar-refractivity contribution in [3.63, 3.8) is 0 Å². The molecular formula is C12H16BrNO3. The third-order valence-corrected chi connectivity index (χ3v) is 3.95. The van der Waals surface area contributed by atoms with Crippen molar-refractivity contribution in [3.05, 3.63) is 17.7 Å². The Hall–Kier alpha value is -1.23. The highest BCUT2D eigenvalue weighted by Gasteiger charge is 2.26. The van der Waals surface area contributed by atoms with Gasteiger partial charge in [-0.15, -0.1) is 0 Å². The first-order chi connectivity index (χ1) is 7.90. The highest BCUT2D eigenvalue weighted by molar-refractivity contribution is 9.10. The molecule has 1 aromatic rings. The summed E-state index contributed by atoms with van der Waals surface area (Å²) in [7, 11) is 1.42. The zero-order valence-corrected chi connectivity index (χ0v) is 11.6. The molecule has 0 spiro atoms. The van der Waals surface area contributed by atoms with Crippen LogP contribution in [0.25, 0.3) is 0 Å². The summed E-state index contributed by atoms with van der Waals surface area (Å²) < 4.78 is 4.96. The number of nitrogen functional groups attached to an aromatic ring is 1. The van der Waals surface area contributed by atoms with Gasteiger partial charge in [0.15, 0.2) is 17.3 Å². The highest BCUT2D eigenvalue weighted by Crippen LogP contribution is 2.36. The van der Waals surface area contributed by atoms with E-state index in [0.29, 0.717) is 0 Å². The molecule has 0 heterocycles. The van der Waals surface area contributed by atoms with Crippen LogP contribution in [0.3, 0.4) is 0 Å². The summed E-state index contributed by atoms with van der Waals surface area (Å²) in [6, 6.07) is 3.08. The zero-order valence-electron chi connectivity index (χ0n) is 10.0. The van der Waals surface area contributed by atoms with Crippen molar-refractivity contribution in [2.45, 2.75) is 18.7 Å². The summed E-state index contributed by atoms with van der Waals surface area (Å²) in [5.41, 5.74) is 6.09. The van der Waals surface area contributed by atoms with Gasteiger partial charge in [-0.3, -0.25) is 4.79 Å². The topological polar surface area (TPSA) is 72.5 Å². The van der Waals surface area contributed by atoms with E-state index in [0.717, 1.165) is 0 Å². The number of halogens is 1. The number of nitrogens with two attached hydrogens (primary N) is 1. The molecule has 0 saturated heterocycles. The van der Waals surface area contributed by atoms with Gasteiger partial charge in [0, 0.05) is 5.69 Å². The Labute approximate surface area is 109 Å². The van der Waals surface area contributed by atoms with Gasteiger partial charge in [0.2, 0.25) is 0 Å². The predicted molar refractivity (Wildman–Crippen MR) is 71.0 cm³/mol. The van der Waals surface area contributed by atoms with E-state index in [4.69, 9.17) is 10.5 Å². The van der Waals surface area contributed by atoms with Crippen LogP contribution in [-0.2, 0) is 0 Å². The molecule has 1 rings (SSSR count). The monoisotopic (exact) mass is 301 g/mol. The Kier molecular flexibility index (Phi) is 4.40. The van der Waals surface area contributed by atoms with E-state index in [-0.39, 0.29) is 39.3 Å². The highest BCUT2D eigenvalue weighted by atomic mass is 79.9. The predicted octanol–water partition coefficient (Wildman–Crippen LogP) is 2.59. The van der Waals surface area contributed by atoms with Crippen LogP contribution in [0.5, 0.6) is 11.5 Å². The lowest BCUT2D eigenvalue weighted by molar-refractivity contribution is 0.0975. The summed E-state index contributed by atoms with van der Waals surface area (Å²) in [6.07, 6.45) is 0. The average Bonchev–Trinajstić information content (AvgIpc) is 2.28. The second-order valence-electron chi connectivity index (χ2n) is 4.09. The SMILES string of the molecule is COc1ccc(N)c(C(=O)C(Br)C(C)C)c1O. The fourth-order valence-corrected chi connectivity index (χ4v) is 1.68. The molecule has 17 heavy (non-hydrogen) atoms. The molecule has 0 aliphatic heterocycles. The van der Waals surface area contributed by atoms with Crippen LogP contribution >= 0.6 is 15.9 Å². The number of carbonyl (C=O) groups is 1. The van der Waals surface area contributed by atoms with Crippen molar-refractivity contribution >= 4 is 27.4 Å². The standard InChI is InChI=1S/C12H16BrNO3/c1-6(2)10(13)12(16)9-7(14)4-5-8(17-3)11(9)15/h4-6,10,15H,14H2,1-3H3. The molecule has 1 atom stereocenters. The second-order valence-corrected chi connectivity index (χ2v) is 5.08. The van der Waals surface area contributed by atoms with Crippen LogP contribution in [-0.4, -0.2) is 22.8 Å². The minimum Gasteiger partial charge on any atom is -0.504 e. The van der Waals surface area contributed by atoms with Crippen LogP contribution in [0.15, 0.2) is 12.1 Å². The number of ketones is 1. The number of alkyl halides is 1. The molecule has 0 aromatic heterocycles. The molecule has 94 valence electrons. The van der Waals surface area contributed by atoms with Crippen LogP contribution in [0.4, 0.5) is 5.69 Å². The summed E-state index contributed by atoms with van der Waals surface area (Å²) in [5.74, 6) is -0.102. The number of phenolic OH excluding ortho intramolecular Hbond substituents is 1. The molecule has 5 heteroatoms. The number of phenols is 1. The van der Waals surface area contributed by atoms with Crippen molar-refractivity contribution in [1.82, 2.24) is 0 Å². The van der Waals surface area contributed by atoms with Gasteiger partial charge in [0.1, 0.15) is 0 Å². The molecule has 0 fully saturated rings. The summed E-state index contributed by atoms with van der Waals surface area (Å²) in [4.78, 5) is 11.8. The molecular weight excluding hydrogens is 286 g/mol. The van der Waals surface area contributed by atoms with Crippen LogP contribution in [0.2, 0.25) is 0 Å². The number of aromatic hydroxyl groups is 1. The number of hydrogen-bond acceptors (Lipinski definition) is 4. The van der Waals surface area contributed by atoms with Crippen molar-refractivity contribution in [2.24, 2.45) is 5.92 Å². The number of rotatable bonds is 4. The number of hydrogen-bond donors (Lipinski definition) is 2. The van der Waals surface area contributed by atoms with Gasteiger partial charge < -0.3 is 15.6 Å². The number of Topliss-reactive ketones (excluding diaryl/α,β-unsaturated/α-hetero) is 1. The summed E-state index contributed by atoms with van der Waals surface area (Å²) in [6.45, 7) is 3.81. The lowest BCUT2D eigenvalue weighted by Crippen LogP contribution is -2.21. The van der Waals surface area contributed by atoms with E-state index in [2.05, 4.69) is 15.9 Å². The van der Waals surface area contributed by atoms with Crippen molar-refractivity contribution in [1.29, 1.82) is 0 Å². The first-order valence-corrected chi connectivity index (χ1v) is 6.15. The largest absolute Gasteiger partial charge is 0.504 e. The third-order valence-electron chi connectivity index (χ3n) is 2.48. The smallest absolute Gasteiger partial charge is 0.182 e. The van der Waals surface area contributed by atoms with E-state index in [1.165, 1.54) is 13.2 Å². The maximum atomic E-state index is 12.2. The first-order valence-electron chi connectivity index (χ1n) is 5.23. The minimum atomic E-state index is -0.386. The summed E-state index contributed by atoms with van der Waals surface area (Å²) >= 11 is 3.30. The normalized spacial score (nSPS) is 12.5. The van der Waals surface area contributed by atoms with E-state index < -0.39 is 0 Å². The third kappa shape index (κ3) is 2.72. The fraction of sp³-hybridized carbons (Fsp3) is 0.417. The Balaban J connectivity index is 3.26. The van der Waals surface area contributed by atoms with Gasteiger partial charge in [-0.2, -0.15) is 0 Å². The van der Waals surface area contributed by atoms with Gasteiger partial charge in [-0.05, 0) is 18.1 Å². The molecule has 1 unspecified atom stereocenters. The van der Waals surface area contributed by atoms with E-state index >= 15 is 0 Å². The first kappa shape index (κ1) is 13.8. The Bertz CT molecular complexity index is 432. The number of benzene rings is 1. The Morgan fingerprint density at radius 3 is 2.53 bits per heavy atom. The van der Waals surface area contributed by atoms with Crippen molar-refractivity contribution in [2.75, 3.05) is 12.8 Å². The molecule has 0 radical (unpaired) electrons. The van der Waals surface area contributed by atoms with Gasteiger partial charge >= 0.3 is 0 Å². The number of carbonyl (C=O) groups excluding carboxylic acids is 1. The minimum absolute atomic E-state index is 0.104. The van der Waals surface area contributed by atoms with Crippen LogP contribution < -0.4 is 10.5 Å². The maximum Gasteiger partial charge on any atom is 0.182 e. The molecule has 0 aliphatic rings. The lowest BCUT2D eigenvalue weighted by atomic mass is 9.98. The van der Waals surface area contributed by atoms with E-state index in [9.17, 15) is 9.90 Å². The number of ether oxygens (including phenoxy) is 1. The second kappa shape index (κ2) is 5.40. The molecule has 0 amide bonds. The molecule has 3 N–H and O–H groups in total. The number of anilines is 1. The average molecular weight is 302 g/mol. The fourth-order valence-electron chi connectivity index (χ4n) is 1.45. The Morgan fingerprint density at radius 1 is 1.47 bits per heavy atom. The van der Waals surface area contributed by atoms with E-state index in [1.807, 2.05) is 13.8 Å². The molecule has 4 nitrogen and oxygen atoms in total. The Morgan fingerprint density at radius 2 is 2.06 bits per heavy atom.